The van der Waals surface area contributed by atoms with Gasteiger partial charge in [-0.05, 0) is 24.8 Å². The highest BCUT2D eigenvalue weighted by molar-refractivity contribution is 7.10. The summed E-state index contributed by atoms with van der Waals surface area (Å²) in [5.41, 5.74) is 0. The maximum Gasteiger partial charge on any atom is 0.225 e. The summed E-state index contributed by atoms with van der Waals surface area (Å²) in [7, 11) is 0. The fraction of sp³-hybridized carbons (Fsp3) is 0.500. The lowest BCUT2D eigenvalue weighted by atomic mass is 10.2. The summed E-state index contributed by atoms with van der Waals surface area (Å²) < 4.78 is 0. The van der Waals surface area contributed by atoms with E-state index in [9.17, 15) is 4.79 Å². The van der Waals surface area contributed by atoms with Crippen molar-refractivity contribution in [3.8, 4) is 0 Å². The molecule has 1 aromatic heterocycles. The van der Waals surface area contributed by atoms with E-state index >= 15 is 0 Å². The molecule has 13 heavy (non-hydrogen) atoms. The van der Waals surface area contributed by atoms with Gasteiger partial charge in [0, 0.05) is 10.9 Å². The van der Waals surface area contributed by atoms with Gasteiger partial charge in [-0.15, -0.1) is 11.3 Å². The Morgan fingerprint density at radius 1 is 1.69 bits per heavy atom. The minimum atomic E-state index is 0.122. The van der Waals surface area contributed by atoms with Crippen molar-refractivity contribution in [3.05, 3.63) is 22.4 Å². The summed E-state index contributed by atoms with van der Waals surface area (Å²) in [6.07, 6.45) is 1.50. The third-order valence-corrected chi connectivity index (χ3v) is 2.81. The van der Waals surface area contributed by atoms with Gasteiger partial charge in [0.25, 0.3) is 0 Å². The van der Waals surface area contributed by atoms with Crippen molar-refractivity contribution in [1.82, 2.24) is 5.32 Å². The lowest BCUT2D eigenvalue weighted by molar-refractivity contribution is -0.121. The van der Waals surface area contributed by atoms with Crippen molar-refractivity contribution >= 4 is 17.2 Å². The molecule has 0 aliphatic rings. The summed E-state index contributed by atoms with van der Waals surface area (Å²) in [5.74, 6) is 0.122. The maximum atomic E-state index is 11.4. The number of hydrogen-bond donors (Lipinski definition) is 1. The van der Waals surface area contributed by atoms with Crippen LogP contribution in [0, 0.1) is 0 Å². The van der Waals surface area contributed by atoms with Gasteiger partial charge >= 0.3 is 0 Å². The van der Waals surface area contributed by atoms with E-state index in [4.69, 9.17) is 0 Å². The van der Waals surface area contributed by atoms with E-state index in [1.807, 2.05) is 24.4 Å². The standard InChI is InChI=1S/C10H15NOS/c1-3-8(2)11-10(12)7-9-5-4-6-13-9/h4-6,8H,3,7H2,1-2H3,(H,11,12). The molecule has 0 bridgehead atoms. The van der Waals surface area contributed by atoms with Crippen LogP contribution in [0.1, 0.15) is 25.1 Å². The minimum absolute atomic E-state index is 0.122. The average Bonchev–Trinajstić information content (AvgIpc) is 2.56. The van der Waals surface area contributed by atoms with Crippen LogP contribution in [0.4, 0.5) is 0 Å². The quantitative estimate of drug-likeness (QED) is 0.787. The Bertz CT molecular complexity index is 256. The van der Waals surface area contributed by atoms with Gasteiger partial charge in [-0.25, -0.2) is 0 Å². The highest BCUT2D eigenvalue weighted by atomic mass is 32.1. The molecule has 1 atom stereocenters. The van der Waals surface area contributed by atoms with E-state index in [2.05, 4.69) is 12.2 Å². The lowest BCUT2D eigenvalue weighted by Gasteiger charge is -2.10. The van der Waals surface area contributed by atoms with Crippen LogP contribution in [-0.4, -0.2) is 11.9 Å². The van der Waals surface area contributed by atoms with Gasteiger partial charge in [0.1, 0.15) is 0 Å². The average molecular weight is 197 g/mol. The van der Waals surface area contributed by atoms with Crippen LogP contribution in [0.3, 0.4) is 0 Å². The van der Waals surface area contributed by atoms with Crippen LogP contribution >= 0.6 is 11.3 Å². The topological polar surface area (TPSA) is 29.1 Å². The SMILES string of the molecule is CCC(C)NC(=O)Cc1cccs1. The summed E-state index contributed by atoms with van der Waals surface area (Å²) in [6.45, 7) is 4.09. The zero-order valence-electron chi connectivity index (χ0n) is 8.04. The van der Waals surface area contributed by atoms with Crippen LogP contribution in [-0.2, 0) is 11.2 Å². The van der Waals surface area contributed by atoms with E-state index in [1.165, 1.54) is 0 Å². The summed E-state index contributed by atoms with van der Waals surface area (Å²) >= 11 is 1.63. The van der Waals surface area contributed by atoms with E-state index in [0.717, 1.165) is 11.3 Å². The van der Waals surface area contributed by atoms with E-state index in [0.29, 0.717) is 6.42 Å². The molecule has 1 amide bonds. The highest BCUT2D eigenvalue weighted by Gasteiger charge is 2.06. The molecule has 0 saturated heterocycles. The number of amides is 1. The van der Waals surface area contributed by atoms with Crippen molar-refractivity contribution in [1.29, 1.82) is 0 Å². The molecule has 2 nitrogen and oxygen atoms in total. The number of hydrogen-bond acceptors (Lipinski definition) is 2. The van der Waals surface area contributed by atoms with E-state index in [1.54, 1.807) is 11.3 Å². The molecule has 0 aromatic carbocycles. The van der Waals surface area contributed by atoms with Crippen LogP contribution in [0.2, 0.25) is 0 Å². The summed E-state index contributed by atoms with van der Waals surface area (Å²) in [6, 6.07) is 4.24. The Balaban J connectivity index is 2.34. The minimum Gasteiger partial charge on any atom is -0.353 e. The van der Waals surface area contributed by atoms with Crippen molar-refractivity contribution < 1.29 is 4.79 Å². The molecule has 72 valence electrons. The second-order valence-electron chi connectivity index (χ2n) is 3.13. The molecule has 3 heteroatoms. The molecule has 1 aromatic rings. The smallest absolute Gasteiger partial charge is 0.225 e. The zero-order valence-corrected chi connectivity index (χ0v) is 8.86. The van der Waals surface area contributed by atoms with Crippen molar-refractivity contribution in [3.63, 3.8) is 0 Å². The second kappa shape index (κ2) is 5.02. The van der Waals surface area contributed by atoms with Crippen LogP contribution in [0.5, 0.6) is 0 Å². The van der Waals surface area contributed by atoms with Gasteiger partial charge in [-0.3, -0.25) is 4.79 Å². The third-order valence-electron chi connectivity index (χ3n) is 1.93. The van der Waals surface area contributed by atoms with Gasteiger partial charge in [0.2, 0.25) is 5.91 Å². The summed E-state index contributed by atoms with van der Waals surface area (Å²) in [4.78, 5) is 12.5. The Hall–Kier alpha value is -0.830. The molecule has 1 N–H and O–H groups in total. The predicted octanol–water partition coefficient (Wildman–Crippen LogP) is 2.21. The molecule has 0 aliphatic carbocycles. The maximum absolute atomic E-state index is 11.4. The third kappa shape index (κ3) is 3.59. The first-order valence-electron chi connectivity index (χ1n) is 4.54. The fourth-order valence-electron chi connectivity index (χ4n) is 0.999. The van der Waals surface area contributed by atoms with Crippen molar-refractivity contribution in [2.24, 2.45) is 0 Å². The first-order chi connectivity index (χ1) is 6.22. The fourth-order valence-corrected chi connectivity index (χ4v) is 1.70. The molecule has 0 spiro atoms. The molecule has 0 fully saturated rings. The second-order valence-corrected chi connectivity index (χ2v) is 4.17. The van der Waals surface area contributed by atoms with Crippen LogP contribution in [0.15, 0.2) is 17.5 Å². The first kappa shape index (κ1) is 10.3. The molecule has 1 heterocycles. The monoisotopic (exact) mass is 197 g/mol. The molecular weight excluding hydrogens is 182 g/mol. The van der Waals surface area contributed by atoms with Gasteiger partial charge in [-0.2, -0.15) is 0 Å². The Labute approximate surface area is 83.0 Å². The van der Waals surface area contributed by atoms with Crippen LogP contribution < -0.4 is 5.32 Å². The van der Waals surface area contributed by atoms with Gasteiger partial charge in [0.05, 0.1) is 6.42 Å². The molecule has 1 rings (SSSR count). The number of rotatable bonds is 4. The van der Waals surface area contributed by atoms with Crippen molar-refractivity contribution in [2.45, 2.75) is 32.7 Å². The van der Waals surface area contributed by atoms with Gasteiger partial charge in [0.15, 0.2) is 0 Å². The zero-order chi connectivity index (χ0) is 9.68. The van der Waals surface area contributed by atoms with Gasteiger partial charge < -0.3 is 5.32 Å². The van der Waals surface area contributed by atoms with E-state index < -0.39 is 0 Å². The predicted molar refractivity (Wildman–Crippen MR) is 55.9 cm³/mol. The normalized spacial score (nSPS) is 12.5. The highest BCUT2D eigenvalue weighted by Crippen LogP contribution is 2.08. The first-order valence-corrected chi connectivity index (χ1v) is 5.42. The van der Waals surface area contributed by atoms with E-state index in [-0.39, 0.29) is 11.9 Å². The number of thiophene rings is 1. The Morgan fingerprint density at radius 2 is 2.46 bits per heavy atom. The van der Waals surface area contributed by atoms with Crippen LogP contribution in [0.25, 0.3) is 0 Å². The molecule has 0 saturated carbocycles. The molecule has 1 unspecified atom stereocenters. The van der Waals surface area contributed by atoms with Crippen molar-refractivity contribution in [2.75, 3.05) is 0 Å². The number of carbonyl (C=O) groups is 1. The summed E-state index contributed by atoms with van der Waals surface area (Å²) in [5, 5.41) is 4.93. The number of carbonyl (C=O) groups excluding carboxylic acids is 1. The Morgan fingerprint density at radius 3 is 3.00 bits per heavy atom. The largest absolute Gasteiger partial charge is 0.353 e. The lowest BCUT2D eigenvalue weighted by Crippen LogP contribution is -2.32. The molecule has 0 aliphatic heterocycles. The van der Waals surface area contributed by atoms with Gasteiger partial charge in [-0.1, -0.05) is 13.0 Å². The number of nitrogens with one attached hydrogen (secondary N) is 1. The molecule has 0 radical (unpaired) electrons. The molecular formula is C10H15NOS. The Kier molecular flexibility index (Phi) is 3.96.